The summed E-state index contributed by atoms with van der Waals surface area (Å²) in [6.45, 7) is 1.17. The van der Waals surface area contributed by atoms with Crippen LogP contribution in [0, 0.1) is 6.61 Å². The number of alkyl halides is 1. The van der Waals surface area contributed by atoms with Crippen molar-refractivity contribution in [1.29, 1.82) is 0 Å². The zero-order chi connectivity index (χ0) is 22.1. The number of nitrogen functional groups attached to an aromatic ring is 2. The van der Waals surface area contributed by atoms with Gasteiger partial charge in [0.1, 0.15) is 36.7 Å². The van der Waals surface area contributed by atoms with E-state index < -0.39 is 48.5 Å². The van der Waals surface area contributed by atoms with Crippen LogP contribution in [0.25, 0.3) is 0 Å². The number of hydrogen-bond acceptors (Lipinski definition) is 10. The third-order valence-electron chi connectivity index (χ3n) is 5.09. The lowest BCUT2D eigenvalue weighted by atomic mass is 10.2. The van der Waals surface area contributed by atoms with Gasteiger partial charge in [-0.25, -0.2) is 14.0 Å². The minimum atomic E-state index is -1.48. The number of hydrogen-bond donors (Lipinski definition) is 3. The number of anilines is 2. The van der Waals surface area contributed by atoms with Crippen LogP contribution in [-0.2, 0) is 14.2 Å². The first kappa shape index (κ1) is 21.4. The first-order valence-electron chi connectivity index (χ1n) is 9.63. The lowest BCUT2D eigenvalue weighted by Gasteiger charge is -2.21. The third kappa shape index (κ3) is 4.58. The standard InChI is InChI=1S/C18H22FN6O6/c19-10-7-9(30-15(10)25-6-4-13(21)23-18(25)28)8-29-16(26)11-1-2-14(31-11)24-5-3-12(20)22-17(24)27/h3-6,8-11,14-16,26H,1-2,7H2,(H2,20,22,27)(H2,21,23,28)/t9-,10+,11-,14+,15+,16?/m0/s1. The average Bonchev–Trinajstić information content (AvgIpc) is 3.33. The van der Waals surface area contributed by atoms with Crippen LogP contribution < -0.4 is 22.8 Å². The molecular weight excluding hydrogens is 415 g/mol. The molecule has 2 fully saturated rings. The van der Waals surface area contributed by atoms with E-state index in [1.54, 1.807) is 0 Å². The van der Waals surface area contributed by atoms with Crippen molar-refractivity contribution >= 4 is 11.6 Å². The van der Waals surface area contributed by atoms with Crippen molar-refractivity contribution in [3.63, 3.8) is 0 Å². The highest BCUT2D eigenvalue weighted by atomic mass is 19.1. The molecule has 1 radical (unpaired) electrons. The van der Waals surface area contributed by atoms with E-state index >= 15 is 0 Å². The molecule has 6 atom stereocenters. The lowest BCUT2D eigenvalue weighted by Crippen LogP contribution is -2.32. The maximum Gasteiger partial charge on any atom is 0.351 e. The van der Waals surface area contributed by atoms with Crippen molar-refractivity contribution in [2.45, 2.75) is 56.4 Å². The Bertz CT molecular complexity index is 1050. The predicted octanol–water partition coefficient (Wildman–Crippen LogP) is -0.535. The van der Waals surface area contributed by atoms with E-state index in [1.807, 2.05) is 0 Å². The zero-order valence-electron chi connectivity index (χ0n) is 16.3. The molecule has 167 valence electrons. The molecule has 2 aliphatic heterocycles. The highest BCUT2D eigenvalue weighted by Gasteiger charge is 2.39. The van der Waals surface area contributed by atoms with Gasteiger partial charge in [0.05, 0.1) is 6.10 Å². The second kappa shape index (κ2) is 8.70. The van der Waals surface area contributed by atoms with Gasteiger partial charge in [0.15, 0.2) is 12.5 Å². The fraction of sp³-hybridized carbons (Fsp3) is 0.500. The molecule has 31 heavy (non-hydrogen) atoms. The molecular formula is C18H22FN6O6. The Morgan fingerprint density at radius 3 is 2.42 bits per heavy atom. The highest BCUT2D eigenvalue weighted by Crippen LogP contribution is 2.33. The van der Waals surface area contributed by atoms with Gasteiger partial charge < -0.3 is 30.8 Å². The largest absolute Gasteiger partial charge is 0.383 e. The molecule has 2 aliphatic rings. The molecule has 0 bridgehead atoms. The maximum atomic E-state index is 14.4. The Balaban J connectivity index is 1.30. The first-order valence-corrected chi connectivity index (χ1v) is 9.63. The normalized spacial score (nSPS) is 29.3. The lowest BCUT2D eigenvalue weighted by molar-refractivity contribution is -0.176. The number of ether oxygens (including phenoxy) is 3. The van der Waals surface area contributed by atoms with Crippen molar-refractivity contribution in [1.82, 2.24) is 19.1 Å². The third-order valence-corrected chi connectivity index (χ3v) is 5.09. The van der Waals surface area contributed by atoms with Crippen molar-refractivity contribution in [3.8, 4) is 0 Å². The molecule has 4 rings (SSSR count). The smallest absolute Gasteiger partial charge is 0.351 e. The SMILES string of the molecule is Nc1ccn([C@@H]2O[C@H]([CH]OC(O)[C@@H]3CC[C@H](n4ccc(N)nc4=O)O3)C[C@H]2F)c(=O)n1. The second-order valence-corrected chi connectivity index (χ2v) is 7.27. The van der Waals surface area contributed by atoms with E-state index in [0.717, 1.165) is 4.57 Å². The summed E-state index contributed by atoms with van der Waals surface area (Å²) in [6, 6.07) is 2.84. The van der Waals surface area contributed by atoms with Gasteiger partial charge in [-0.15, -0.1) is 0 Å². The molecule has 0 aromatic carbocycles. The summed E-state index contributed by atoms with van der Waals surface area (Å²) in [7, 11) is 0. The molecule has 12 nitrogen and oxygen atoms in total. The molecule has 2 aromatic rings. The molecule has 0 spiro atoms. The summed E-state index contributed by atoms with van der Waals surface area (Å²) in [5.74, 6) is 0.128. The van der Waals surface area contributed by atoms with E-state index in [1.165, 1.54) is 35.7 Å². The molecule has 0 saturated carbocycles. The molecule has 0 aliphatic carbocycles. The average molecular weight is 437 g/mol. The second-order valence-electron chi connectivity index (χ2n) is 7.27. The van der Waals surface area contributed by atoms with Gasteiger partial charge in [-0.3, -0.25) is 9.13 Å². The molecule has 13 heteroatoms. The number of aromatic nitrogens is 4. The van der Waals surface area contributed by atoms with Crippen LogP contribution in [0.1, 0.15) is 31.7 Å². The van der Waals surface area contributed by atoms with Gasteiger partial charge in [0.25, 0.3) is 0 Å². The number of aliphatic hydroxyl groups excluding tert-OH is 1. The molecule has 2 aromatic heterocycles. The number of rotatable bonds is 6. The van der Waals surface area contributed by atoms with Gasteiger partial charge in [0.2, 0.25) is 0 Å². The molecule has 0 amide bonds. The van der Waals surface area contributed by atoms with Crippen LogP contribution in [0.5, 0.6) is 0 Å². The van der Waals surface area contributed by atoms with E-state index in [0.29, 0.717) is 12.8 Å². The van der Waals surface area contributed by atoms with Crippen molar-refractivity contribution in [2.75, 3.05) is 11.5 Å². The maximum absolute atomic E-state index is 14.4. The van der Waals surface area contributed by atoms with Crippen LogP contribution in [0.2, 0.25) is 0 Å². The van der Waals surface area contributed by atoms with Crippen LogP contribution in [0.15, 0.2) is 34.1 Å². The Morgan fingerprint density at radius 2 is 1.77 bits per heavy atom. The van der Waals surface area contributed by atoms with E-state index in [4.69, 9.17) is 25.7 Å². The van der Waals surface area contributed by atoms with Crippen LogP contribution in [0.4, 0.5) is 16.0 Å². The summed E-state index contributed by atoms with van der Waals surface area (Å²) < 4.78 is 33.2. The van der Waals surface area contributed by atoms with Gasteiger partial charge in [0, 0.05) is 18.8 Å². The Morgan fingerprint density at radius 1 is 1.13 bits per heavy atom. The fourth-order valence-electron chi connectivity index (χ4n) is 3.57. The molecule has 5 N–H and O–H groups in total. The monoisotopic (exact) mass is 437 g/mol. The number of nitrogens with zero attached hydrogens (tertiary/aromatic N) is 4. The number of halogens is 1. The topological polar surface area (TPSA) is 170 Å². The molecule has 2 saturated heterocycles. The van der Waals surface area contributed by atoms with Crippen molar-refractivity contribution in [3.05, 3.63) is 52.1 Å². The van der Waals surface area contributed by atoms with E-state index in [-0.39, 0.29) is 18.1 Å². The van der Waals surface area contributed by atoms with Gasteiger partial charge in [-0.2, -0.15) is 9.97 Å². The number of nitrogens with two attached hydrogens (primary N) is 2. The number of aliphatic hydroxyl groups is 1. The summed E-state index contributed by atoms with van der Waals surface area (Å²) >= 11 is 0. The van der Waals surface area contributed by atoms with E-state index in [9.17, 15) is 19.1 Å². The molecule has 4 heterocycles. The van der Waals surface area contributed by atoms with Crippen molar-refractivity contribution in [2.24, 2.45) is 0 Å². The Labute approximate surface area is 175 Å². The Hall–Kier alpha value is -2.87. The van der Waals surface area contributed by atoms with Crippen molar-refractivity contribution < 1.29 is 23.7 Å². The minimum absolute atomic E-state index is 0.0242. The summed E-state index contributed by atoms with van der Waals surface area (Å²) in [4.78, 5) is 31.0. The zero-order valence-corrected chi connectivity index (χ0v) is 16.3. The first-order chi connectivity index (χ1) is 14.8. The quantitative estimate of drug-likeness (QED) is 0.499. The van der Waals surface area contributed by atoms with Gasteiger partial charge in [-0.1, -0.05) is 0 Å². The highest BCUT2D eigenvalue weighted by molar-refractivity contribution is 5.24. The Kier molecular flexibility index (Phi) is 6.00. The van der Waals surface area contributed by atoms with Crippen LogP contribution in [0.3, 0.4) is 0 Å². The van der Waals surface area contributed by atoms with Crippen LogP contribution in [-0.4, -0.2) is 48.9 Å². The summed E-state index contributed by atoms with van der Waals surface area (Å²) in [5, 5.41) is 10.3. The van der Waals surface area contributed by atoms with Crippen LogP contribution >= 0.6 is 0 Å². The summed E-state index contributed by atoms with van der Waals surface area (Å²) in [5.41, 5.74) is 9.63. The summed E-state index contributed by atoms with van der Waals surface area (Å²) in [6.07, 6.45) is -2.58. The molecule has 1 unspecified atom stereocenters. The predicted molar refractivity (Wildman–Crippen MR) is 104 cm³/mol. The minimum Gasteiger partial charge on any atom is -0.383 e. The van der Waals surface area contributed by atoms with E-state index in [2.05, 4.69) is 9.97 Å². The van der Waals surface area contributed by atoms with Gasteiger partial charge in [-0.05, 0) is 25.0 Å². The fourth-order valence-corrected chi connectivity index (χ4v) is 3.57. The van der Waals surface area contributed by atoms with Gasteiger partial charge >= 0.3 is 11.4 Å².